The molecule has 2 rings (SSSR count). The van der Waals surface area contributed by atoms with Gasteiger partial charge in [0.25, 0.3) is 5.69 Å². The first kappa shape index (κ1) is 15.2. The van der Waals surface area contributed by atoms with Crippen LogP contribution in [-0.4, -0.2) is 16.0 Å². The van der Waals surface area contributed by atoms with Gasteiger partial charge in [-0.2, -0.15) is 0 Å². The minimum Gasteiger partial charge on any atom is -0.491 e. The molecule has 0 bridgehead atoms. The summed E-state index contributed by atoms with van der Waals surface area (Å²) in [6.07, 6.45) is -0.0403. The molecule has 6 nitrogen and oxygen atoms in total. The monoisotopic (exact) mass is 307 g/mol. The number of non-ortho nitro benzene ring substituents is 1. The van der Waals surface area contributed by atoms with Crippen LogP contribution < -0.4 is 10.1 Å². The van der Waals surface area contributed by atoms with E-state index in [1.165, 1.54) is 12.1 Å². The second kappa shape index (κ2) is 6.53. The van der Waals surface area contributed by atoms with Gasteiger partial charge < -0.3 is 10.1 Å². The third-order valence-electron chi connectivity index (χ3n) is 2.58. The van der Waals surface area contributed by atoms with Crippen LogP contribution in [0.3, 0.4) is 0 Å². The first-order valence-corrected chi connectivity index (χ1v) is 7.43. The molecule has 1 aromatic heterocycles. The average molecular weight is 307 g/mol. The number of aromatic nitrogens is 1. The van der Waals surface area contributed by atoms with Gasteiger partial charge in [0.05, 0.1) is 23.6 Å². The van der Waals surface area contributed by atoms with E-state index >= 15 is 0 Å². The van der Waals surface area contributed by atoms with Crippen LogP contribution >= 0.6 is 11.3 Å². The fourth-order valence-corrected chi connectivity index (χ4v) is 2.50. The summed E-state index contributed by atoms with van der Waals surface area (Å²) in [7, 11) is 0. The maximum atomic E-state index is 11.0. The zero-order valence-electron chi connectivity index (χ0n) is 12.1. The second-order valence-electron chi connectivity index (χ2n) is 4.88. The topological polar surface area (TPSA) is 77.3 Å². The number of benzene rings is 1. The van der Waals surface area contributed by atoms with Gasteiger partial charge in [0.15, 0.2) is 0 Å². The summed E-state index contributed by atoms with van der Waals surface area (Å²) in [5, 5.41) is 17.0. The van der Waals surface area contributed by atoms with E-state index in [0.717, 1.165) is 10.7 Å². The van der Waals surface area contributed by atoms with Gasteiger partial charge in [0, 0.05) is 28.9 Å². The maximum Gasteiger partial charge on any atom is 0.275 e. The molecule has 0 saturated carbocycles. The van der Waals surface area contributed by atoms with Crippen molar-refractivity contribution in [1.29, 1.82) is 0 Å². The van der Waals surface area contributed by atoms with Crippen LogP contribution in [0, 0.1) is 17.0 Å². The van der Waals surface area contributed by atoms with Crippen molar-refractivity contribution in [2.24, 2.45) is 0 Å². The van der Waals surface area contributed by atoms with E-state index in [9.17, 15) is 10.1 Å². The Bertz CT molecular complexity index is 640. The van der Waals surface area contributed by atoms with Crippen LogP contribution in [0.25, 0.3) is 0 Å². The number of nitrogens with one attached hydrogen (secondary N) is 1. The number of hydrogen-bond donors (Lipinski definition) is 1. The normalized spacial score (nSPS) is 10.7. The average Bonchev–Trinajstić information content (AvgIpc) is 2.81. The molecule has 0 radical (unpaired) electrons. The summed E-state index contributed by atoms with van der Waals surface area (Å²) in [5.74, 6) is 0.483. The standard InChI is InChI=1S/C14H17N3O3S/c1-9(2)20-13-5-11(4-12(6-13)17(18)19)15-7-14-16-10(3)8-21-14/h4-6,8-9,15H,7H2,1-3H3. The zero-order chi connectivity index (χ0) is 15.4. The number of aryl methyl sites for hydroxylation is 1. The third-order valence-corrected chi connectivity index (χ3v) is 3.55. The van der Waals surface area contributed by atoms with E-state index in [2.05, 4.69) is 10.3 Å². The highest BCUT2D eigenvalue weighted by molar-refractivity contribution is 7.09. The van der Waals surface area contributed by atoms with E-state index in [1.807, 2.05) is 26.2 Å². The molecule has 1 N–H and O–H groups in total. The first-order chi connectivity index (χ1) is 9.94. The summed E-state index contributed by atoms with van der Waals surface area (Å²) in [6, 6.07) is 4.68. The molecule has 0 amide bonds. The number of nitrogens with zero attached hydrogens (tertiary/aromatic N) is 2. The number of ether oxygens (including phenoxy) is 1. The van der Waals surface area contributed by atoms with Crippen LogP contribution in [0.5, 0.6) is 5.75 Å². The molecule has 0 saturated heterocycles. The van der Waals surface area contributed by atoms with Gasteiger partial charge in [0.1, 0.15) is 10.8 Å². The van der Waals surface area contributed by atoms with E-state index in [-0.39, 0.29) is 11.8 Å². The Morgan fingerprint density at radius 2 is 2.19 bits per heavy atom. The van der Waals surface area contributed by atoms with E-state index in [1.54, 1.807) is 17.4 Å². The molecule has 112 valence electrons. The van der Waals surface area contributed by atoms with Gasteiger partial charge in [0.2, 0.25) is 0 Å². The van der Waals surface area contributed by atoms with Crippen LogP contribution in [0.15, 0.2) is 23.6 Å². The van der Waals surface area contributed by atoms with Gasteiger partial charge in [-0.3, -0.25) is 10.1 Å². The van der Waals surface area contributed by atoms with Gasteiger partial charge in [-0.25, -0.2) is 4.98 Å². The lowest BCUT2D eigenvalue weighted by atomic mass is 10.2. The predicted molar refractivity (Wildman–Crippen MR) is 83.0 cm³/mol. The fourth-order valence-electron chi connectivity index (χ4n) is 1.79. The molecule has 0 aliphatic heterocycles. The van der Waals surface area contributed by atoms with Gasteiger partial charge in [-0.15, -0.1) is 11.3 Å². The molecule has 0 unspecified atom stereocenters. The Kier molecular flexibility index (Phi) is 4.74. The number of nitro groups is 1. The Balaban J connectivity index is 2.16. The molecule has 1 aromatic carbocycles. The molecular weight excluding hydrogens is 290 g/mol. The summed E-state index contributed by atoms with van der Waals surface area (Å²) >= 11 is 1.56. The van der Waals surface area contributed by atoms with E-state index < -0.39 is 4.92 Å². The number of thiazole rings is 1. The van der Waals surface area contributed by atoms with Crippen LogP contribution in [0.4, 0.5) is 11.4 Å². The number of rotatable bonds is 6. The highest BCUT2D eigenvalue weighted by atomic mass is 32.1. The molecule has 0 fully saturated rings. The molecule has 0 aliphatic carbocycles. The lowest BCUT2D eigenvalue weighted by Gasteiger charge is -2.11. The van der Waals surface area contributed by atoms with Crippen LogP contribution in [-0.2, 0) is 6.54 Å². The first-order valence-electron chi connectivity index (χ1n) is 6.55. The molecule has 2 aromatic rings. The van der Waals surface area contributed by atoms with Gasteiger partial charge >= 0.3 is 0 Å². The number of nitro benzene ring substituents is 1. The van der Waals surface area contributed by atoms with Gasteiger partial charge in [-0.05, 0) is 20.8 Å². The highest BCUT2D eigenvalue weighted by Gasteiger charge is 2.12. The van der Waals surface area contributed by atoms with Crippen molar-refractivity contribution in [3.63, 3.8) is 0 Å². The SMILES string of the molecule is Cc1csc(CNc2cc(OC(C)C)cc([N+](=O)[O-])c2)n1. The smallest absolute Gasteiger partial charge is 0.275 e. The predicted octanol–water partition coefficient (Wildman–Crippen LogP) is 3.76. The molecule has 1 heterocycles. The molecule has 0 aliphatic rings. The lowest BCUT2D eigenvalue weighted by molar-refractivity contribution is -0.384. The number of anilines is 1. The summed E-state index contributed by atoms with van der Waals surface area (Å²) in [4.78, 5) is 14.9. The fraction of sp³-hybridized carbons (Fsp3) is 0.357. The summed E-state index contributed by atoms with van der Waals surface area (Å²) in [6.45, 7) is 6.22. The Morgan fingerprint density at radius 3 is 2.76 bits per heavy atom. The maximum absolute atomic E-state index is 11.0. The van der Waals surface area contributed by atoms with Crippen molar-refractivity contribution in [2.45, 2.75) is 33.4 Å². The van der Waals surface area contributed by atoms with Crippen molar-refractivity contribution in [3.05, 3.63) is 44.4 Å². The molecule has 7 heteroatoms. The minimum atomic E-state index is -0.425. The van der Waals surface area contributed by atoms with Crippen molar-refractivity contribution in [1.82, 2.24) is 4.98 Å². The third kappa shape index (κ3) is 4.42. The lowest BCUT2D eigenvalue weighted by Crippen LogP contribution is -2.07. The van der Waals surface area contributed by atoms with Crippen molar-refractivity contribution < 1.29 is 9.66 Å². The number of hydrogen-bond acceptors (Lipinski definition) is 6. The van der Waals surface area contributed by atoms with Crippen molar-refractivity contribution >= 4 is 22.7 Å². The molecular formula is C14H17N3O3S. The summed E-state index contributed by atoms with van der Waals surface area (Å²) < 4.78 is 5.54. The van der Waals surface area contributed by atoms with Crippen molar-refractivity contribution in [3.8, 4) is 5.75 Å². The minimum absolute atomic E-state index is 0.00553. The van der Waals surface area contributed by atoms with E-state index in [4.69, 9.17) is 4.74 Å². The van der Waals surface area contributed by atoms with E-state index in [0.29, 0.717) is 18.0 Å². The summed E-state index contributed by atoms with van der Waals surface area (Å²) in [5.41, 5.74) is 1.62. The molecule has 21 heavy (non-hydrogen) atoms. The Morgan fingerprint density at radius 1 is 1.43 bits per heavy atom. The van der Waals surface area contributed by atoms with Crippen LogP contribution in [0.1, 0.15) is 24.5 Å². The Labute approximate surface area is 126 Å². The largest absolute Gasteiger partial charge is 0.491 e. The molecule has 0 spiro atoms. The molecule has 0 atom stereocenters. The highest BCUT2D eigenvalue weighted by Crippen LogP contribution is 2.27. The van der Waals surface area contributed by atoms with Crippen molar-refractivity contribution in [2.75, 3.05) is 5.32 Å². The second-order valence-corrected chi connectivity index (χ2v) is 5.82. The quantitative estimate of drug-likeness (QED) is 0.649. The zero-order valence-corrected chi connectivity index (χ0v) is 12.9. The van der Waals surface area contributed by atoms with Gasteiger partial charge in [-0.1, -0.05) is 0 Å². The van der Waals surface area contributed by atoms with Crippen LogP contribution in [0.2, 0.25) is 0 Å². The Hall–Kier alpha value is -2.15.